The van der Waals surface area contributed by atoms with Crippen molar-refractivity contribution in [2.24, 2.45) is 5.10 Å². The zero-order valence-corrected chi connectivity index (χ0v) is 13.7. The molecule has 2 rings (SSSR count). The Morgan fingerprint density at radius 2 is 1.88 bits per heavy atom. The van der Waals surface area contributed by atoms with Crippen LogP contribution in [-0.2, 0) is 4.79 Å². The second-order valence-corrected chi connectivity index (χ2v) is 5.16. The lowest BCUT2D eigenvalue weighted by Gasteiger charge is -2.05. The maximum Gasteiger partial charge on any atom is 0.259 e. The molecule has 24 heavy (non-hydrogen) atoms. The predicted octanol–water partition coefficient (Wildman–Crippen LogP) is 2.23. The first-order chi connectivity index (χ1) is 11.6. The normalized spacial score (nSPS) is 10.4. The van der Waals surface area contributed by atoms with Gasteiger partial charge in [0.1, 0.15) is 5.75 Å². The van der Waals surface area contributed by atoms with E-state index in [1.54, 1.807) is 43.5 Å². The van der Waals surface area contributed by atoms with E-state index in [0.717, 1.165) is 5.56 Å². The maximum atomic E-state index is 11.9. The Bertz CT molecular complexity index is 745. The van der Waals surface area contributed by atoms with Crippen LogP contribution in [-0.4, -0.2) is 31.7 Å². The molecule has 0 aliphatic rings. The van der Waals surface area contributed by atoms with Crippen LogP contribution in [0.3, 0.4) is 0 Å². The van der Waals surface area contributed by atoms with Crippen LogP contribution in [0, 0.1) is 0 Å². The van der Waals surface area contributed by atoms with Gasteiger partial charge in [-0.1, -0.05) is 23.7 Å². The minimum absolute atomic E-state index is 0.190. The Balaban J connectivity index is 1.82. The quantitative estimate of drug-likeness (QED) is 0.622. The van der Waals surface area contributed by atoms with Crippen LogP contribution in [0.2, 0.25) is 5.02 Å². The highest BCUT2D eigenvalue weighted by molar-refractivity contribution is 6.30. The lowest BCUT2D eigenvalue weighted by Crippen LogP contribution is -2.34. The second-order valence-electron chi connectivity index (χ2n) is 4.72. The zero-order chi connectivity index (χ0) is 17.4. The summed E-state index contributed by atoms with van der Waals surface area (Å²) in [6.45, 7) is -0.190. The Hall–Kier alpha value is -2.86. The van der Waals surface area contributed by atoms with Crippen molar-refractivity contribution in [1.29, 1.82) is 0 Å². The summed E-state index contributed by atoms with van der Waals surface area (Å²) < 4.78 is 5.17. The van der Waals surface area contributed by atoms with Crippen LogP contribution in [0.1, 0.15) is 15.9 Å². The van der Waals surface area contributed by atoms with E-state index in [9.17, 15) is 9.59 Å². The lowest BCUT2D eigenvalue weighted by molar-refractivity contribution is -0.120. The number of nitrogens with one attached hydrogen (secondary N) is 2. The van der Waals surface area contributed by atoms with Gasteiger partial charge in [-0.25, -0.2) is 5.43 Å². The molecule has 0 aliphatic carbocycles. The highest BCUT2D eigenvalue weighted by Crippen LogP contribution is 2.14. The molecule has 0 saturated carbocycles. The maximum absolute atomic E-state index is 11.9. The summed E-state index contributed by atoms with van der Waals surface area (Å²) in [4.78, 5) is 23.5. The summed E-state index contributed by atoms with van der Waals surface area (Å²) >= 11 is 5.75. The van der Waals surface area contributed by atoms with Gasteiger partial charge in [0.2, 0.25) is 0 Å². The molecule has 0 saturated heterocycles. The summed E-state index contributed by atoms with van der Waals surface area (Å²) in [6.07, 6.45) is 1.47. The van der Waals surface area contributed by atoms with Crippen LogP contribution in [0.5, 0.6) is 5.75 Å². The smallest absolute Gasteiger partial charge is 0.259 e. The molecular formula is C17H16ClN3O3. The number of hydrogen-bond donors (Lipinski definition) is 2. The predicted molar refractivity (Wildman–Crippen MR) is 92.5 cm³/mol. The van der Waals surface area contributed by atoms with Crippen LogP contribution in [0.4, 0.5) is 0 Å². The number of nitrogens with zero attached hydrogens (tertiary/aromatic N) is 1. The van der Waals surface area contributed by atoms with Crippen molar-refractivity contribution in [2.45, 2.75) is 0 Å². The topological polar surface area (TPSA) is 79.8 Å². The van der Waals surface area contributed by atoms with Gasteiger partial charge in [0.25, 0.3) is 11.8 Å². The fourth-order valence-corrected chi connectivity index (χ4v) is 1.98. The number of para-hydroxylation sites is 1. The van der Waals surface area contributed by atoms with E-state index >= 15 is 0 Å². The molecule has 0 unspecified atom stereocenters. The molecule has 2 aromatic carbocycles. The van der Waals surface area contributed by atoms with Gasteiger partial charge < -0.3 is 10.1 Å². The van der Waals surface area contributed by atoms with E-state index in [4.69, 9.17) is 16.3 Å². The molecule has 0 atom stereocenters. The summed E-state index contributed by atoms with van der Waals surface area (Å²) in [7, 11) is 1.55. The van der Waals surface area contributed by atoms with E-state index < -0.39 is 5.91 Å². The van der Waals surface area contributed by atoms with Crippen molar-refractivity contribution in [2.75, 3.05) is 13.7 Å². The molecule has 0 spiro atoms. The van der Waals surface area contributed by atoms with Gasteiger partial charge in [0, 0.05) is 16.1 Å². The number of carbonyl (C=O) groups is 2. The molecule has 2 aromatic rings. The highest BCUT2D eigenvalue weighted by atomic mass is 35.5. The highest BCUT2D eigenvalue weighted by Gasteiger charge is 2.07. The zero-order valence-electron chi connectivity index (χ0n) is 13.0. The first kappa shape index (κ1) is 17.5. The first-order valence-corrected chi connectivity index (χ1v) is 7.46. The number of amides is 2. The van der Waals surface area contributed by atoms with Gasteiger partial charge in [0.05, 0.1) is 19.9 Å². The average molecular weight is 346 g/mol. The molecule has 124 valence electrons. The monoisotopic (exact) mass is 345 g/mol. The van der Waals surface area contributed by atoms with Gasteiger partial charge in [-0.05, 0) is 36.4 Å². The van der Waals surface area contributed by atoms with Crippen LogP contribution in [0.15, 0.2) is 53.6 Å². The molecular weight excluding hydrogens is 330 g/mol. The van der Waals surface area contributed by atoms with Gasteiger partial charge in [-0.15, -0.1) is 0 Å². The molecule has 7 heteroatoms. The number of rotatable bonds is 6. The number of carbonyl (C=O) groups excluding carboxylic acids is 2. The number of ether oxygens (including phenoxy) is 1. The third-order valence-corrected chi connectivity index (χ3v) is 3.30. The number of halogens is 1. The molecule has 0 heterocycles. The third kappa shape index (κ3) is 5.10. The Kier molecular flexibility index (Phi) is 6.33. The fourth-order valence-electron chi connectivity index (χ4n) is 1.85. The van der Waals surface area contributed by atoms with Crippen molar-refractivity contribution in [3.8, 4) is 5.75 Å². The minimum atomic E-state index is -0.441. The summed E-state index contributed by atoms with van der Waals surface area (Å²) in [5.41, 5.74) is 3.49. The number of methoxy groups -OCH3 is 1. The van der Waals surface area contributed by atoms with Crippen molar-refractivity contribution in [1.82, 2.24) is 10.7 Å². The van der Waals surface area contributed by atoms with Gasteiger partial charge in [-0.3, -0.25) is 9.59 Å². The van der Waals surface area contributed by atoms with Crippen molar-refractivity contribution >= 4 is 29.6 Å². The summed E-state index contributed by atoms with van der Waals surface area (Å²) in [5, 5.41) is 6.87. The van der Waals surface area contributed by atoms with Gasteiger partial charge in [0.15, 0.2) is 0 Å². The van der Waals surface area contributed by atoms with Crippen molar-refractivity contribution in [3.05, 3.63) is 64.7 Å². The first-order valence-electron chi connectivity index (χ1n) is 7.09. The van der Waals surface area contributed by atoms with E-state index in [1.807, 2.05) is 12.1 Å². The van der Waals surface area contributed by atoms with Crippen LogP contribution >= 0.6 is 11.6 Å². The molecule has 0 aromatic heterocycles. The van der Waals surface area contributed by atoms with E-state index in [0.29, 0.717) is 16.3 Å². The molecule has 0 bridgehead atoms. The largest absolute Gasteiger partial charge is 0.496 e. The van der Waals surface area contributed by atoms with Gasteiger partial charge in [-0.2, -0.15) is 5.10 Å². The minimum Gasteiger partial charge on any atom is -0.496 e. The number of hydrazone groups is 1. The summed E-state index contributed by atoms with van der Waals surface area (Å²) in [5.74, 6) is -0.162. The van der Waals surface area contributed by atoms with Crippen molar-refractivity contribution in [3.63, 3.8) is 0 Å². The summed E-state index contributed by atoms with van der Waals surface area (Å²) in [6, 6.07) is 13.6. The molecule has 2 N–H and O–H groups in total. The van der Waals surface area contributed by atoms with E-state index in [-0.39, 0.29) is 12.5 Å². The van der Waals surface area contributed by atoms with Gasteiger partial charge >= 0.3 is 0 Å². The fraction of sp³-hybridized carbons (Fsp3) is 0.118. The average Bonchev–Trinajstić information content (AvgIpc) is 2.60. The Labute approximate surface area is 144 Å². The van der Waals surface area contributed by atoms with E-state index in [1.165, 1.54) is 6.21 Å². The molecule has 0 aliphatic heterocycles. The molecule has 2 amide bonds. The SMILES string of the molecule is COc1ccccc1/C=N/NC(=O)CNC(=O)c1ccc(Cl)cc1. The lowest BCUT2D eigenvalue weighted by atomic mass is 10.2. The van der Waals surface area contributed by atoms with Crippen LogP contribution in [0.25, 0.3) is 0 Å². The third-order valence-electron chi connectivity index (χ3n) is 3.05. The van der Waals surface area contributed by atoms with Crippen LogP contribution < -0.4 is 15.5 Å². The molecule has 0 fully saturated rings. The second kappa shape index (κ2) is 8.69. The molecule has 6 nitrogen and oxygen atoms in total. The standard InChI is InChI=1S/C17H16ClN3O3/c1-24-15-5-3-2-4-13(15)10-20-21-16(22)11-19-17(23)12-6-8-14(18)9-7-12/h2-10H,11H2,1H3,(H,19,23)(H,21,22)/b20-10+. The van der Waals surface area contributed by atoms with E-state index in [2.05, 4.69) is 15.8 Å². The Morgan fingerprint density at radius 3 is 2.58 bits per heavy atom. The number of benzene rings is 2. The number of hydrogen-bond acceptors (Lipinski definition) is 4. The Morgan fingerprint density at radius 1 is 1.17 bits per heavy atom. The van der Waals surface area contributed by atoms with Crippen molar-refractivity contribution < 1.29 is 14.3 Å². The molecule has 0 radical (unpaired) electrons.